The highest BCUT2D eigenvalue weighted by atomic mass is 35.5. The lowest BCUT2D eigenvalue weighted by atomic mass is 10.0. The van der Waals surface area contributed by atoms with E-state index in [1.54, 1.807) is 24.3 Å². The lowest BCUT2D eigenvalue weighted by molar-refractivity contribution is -0.138. The fourth-order valence-electron chi connectivity index (χ4n) is 4.78. The number of rotatable bonds is 6. The Kier molecular flexibility index (Phi) is 7.34. The Morgan fingerprint density at radius 2 is 1.88 bits per heavy atom. The number of carbonyl (C=O) groups is 3. The Balaban J connectivity index is 1.41. The van der Waals surface area contributed by atoms with Gasteiger partial charge >= 0.3 is 6.18 Å². The molecule has 41 heavy (non-hydrogen) atoms. The van der Waals surface area contributed by atoms with E-state index in [2.05, 4.69) is 20.6 Å². The number of benzene rings is 2. The van der Waals surface area contributed by atoms with E-state index >= 15 is 0 Å². The number of likely N-dealkylation sites (tertiary alicyclic amines) is 1. The molecule has 5 rings (SSSR count). The van der Waals surface area contributed by atoms with E-state index in [0.29, 0.717) is 22.0 Å². The van der Waals surface area contributed by atoms with Crippen molar-refractivity contribution >= 4 is 45.9 Å². The van der Waals surface area contributed by atoms with Crippen LogP contribution in [0.4, 0.5) is 23.2 Å². The van der Waals surface area contributed by atoms with Crippen LogP contribution in [0.5, 0.6) is 0 Å². The zero-order valence-corrected chi connectivity index (χ0v) is 21.7. The van der Waals surface area contributed by atoms with Crippen molar-refractivity contribution in [1.82, 2.24) is 24.9 Å². The number of hydrogen-bond donors (Lipinski definition) is 2. The minimum atomic E-state index is -4.87. The van der Waals surface area contributed by atoms with E-state index < -0.39 is 71.9 Å². The Bertz CT molecular complexity index is 1660. The van der Waals surface area contributed by atoms with E-state index in [1.165, 1.54) is 23.1 Å². The average Bonchev–Trinajstić information content (AvgIpc) is 3.49. The van der Waals surface area contributed by atoms with Gasteiger partial charge in [-0.15, -0.1) is 0 Å². The summed E-state index contributed by atoms with van der Waals surface area (Å²) in [5.41, 5.74) is 5.27. The van der Waals surface area contributed by atoms with Crippen molar-refractivity contribution < 1.29 is 31.9 Å². The molecule has 2 unspecified atom stereocenters. The summed E-state index contributed by atoms with van der Waals surface area (Å²) >= 11 is 5.72. The number of halogens is 5. The molecule has 1 aliphatic rings. The molecule has 0 aliphatic carbocycles. The maximum absolute atomic E-state index is 14.5. The van der Waals surface area contributed by atoms with Gasteiger partial charge in [-0.25, -0.2) is 4.39 Å². The Morgan fingerprint density at radius 3 is 2.56 bits per heavy atom. The zero-order valence-electron chi connectivity index (χ0n) is 20.9. The minimum absolute atomic E-state index is 0.114. The molecule has 212 valence electrons. The fourth-order valence-corrected chi connectivity index (χ4v) is 5.06. The normalized spacial score (nSPS) is 17.1. The first-order valence-electron chi connectivity index (χ1n) is 12.1. The fraction of sp³-hybridized carbons (Fsp3) is 0.231. The van der Waals surface area contributed by atoms with Gasteiger partial charge in [0.25, 0.3) is 5.91 Å². The van der Waals surface area contributed by atoms with Crippen LogP contribution in [-0.2, 0) is 22.3 Å². The van der Waals surface area contributed by atoms with Crippen LogP contribution in [0.3, 0.4) is 0 Å². The summed E-state index contributed by atoms with van der Waals surface area (Å²) in [6.45, 7) is -0.957. The summed E-state index contributed by atoms with van der Waals surface area (Å²) in [6, 6.07) is 8.53. The predicted octanol–water partition coefficient (Wildman–Crippen LogP) is 3.84. The van der Waals surface area contributed by atoms with E-state index in [1.807, 2.05) is 0 Å². The van der Waals surface area contributed by atoms with Crippen molar-refractivity contribution in [3.63, 3.8) is 0 Å². The highest BCUT2D eigenvalue weighted by Gasteiger charge is 2.42. The molecular weight excluding hydrogens is 570 g/mol. The van der Waals surface area contributed by atoms with Gasteiger partial charge in [0.1, 0.15) is 18.8 Å². The van der Waals surface area contributed by atoms with Crippen molar-refractivity contribution in [3.8, 4) is 11.1 Å². The molecule has 4 aromatic rings. The number of fused-ring (bicyclic) bond motifs is 1. The highest BCUT2D eigenvalue weighted by molar-refractivity contribution is 6.32. The second kappa shape index (κ2) is 10.8. The third-order valence-electron chi connectivity index (χ3n) is 6.61. The van der Waals surface area contributed by atoms with Crippen LogP contribution < -0.4 is 11.1 Å². The van der Waals surface area contributed by atoms with Gasteiger partial charge in [-0.2, -0.15) is 28.5 Å². The summed E-state index contributed by atoms with van der Waals surface area (Å²) in [7, 11) is 0. The Labute approximate surface area is 234 Å². The number of primary amides is 1. The molecule has 0 spiro atoms. The third-order valence-corrected chi connectivity index (χ3v) is 6.93. The standard InChI is InChI=1S/C26H20ClF4N7O3/c27-17-2-1-3-18(22(17)26(29,30)31)35-25(41)20-9-15(28)11-37(20)21(39)12-38-19-5-4-13(14-6-7-33-34-10-14)8-16(19)23(36-38)24(32)40/h1-8,10,15,20H,9,11-12H2,(H2,32,40)(H,35,41). The minimum Gasteiger partial charge on any atom is -0.364 e. The highest BCUT2D eigenvalue weighted by Crippen LogP contribution is 2.40. The number of hydrogen-bond acceptors (Lipinski definition) is 6. The number of nitrogens with zero attached hydrogens (tertiary/aromatic N) is 5. The summed E-state index contributed by atoms with van der Waals surface area (Å²) in [5, 5.41) is 13.6. The van der Waals surface area contributed by atoms with Crippen molar-refractivity contribution in [2.24, 2.45) is 5.73 Å². The molecule has 15 heteroatoms. The summed E-state index contributed by atoms with van der Waals surface area (Å²) in [5.74, 6) is -2.60. The number of nitrogens with one attached hydrogen (secondary N) is 1. The number of amides is 3. The molecule has 1 aliphatic heterocycles. The zero-order chi connectivity index (χ0) is 29.5. The average molecular weight is 590 g/mol. The Hall–Kier alpha value is -4.59. The van der Waals surface area contributed by atoms with Crippen LogP contribution >= 0.6 is 11.6 Å². The summed E-state index contributed by atoms with van der Waals surface area (Å²) in [6.07, 6.45) is -3.88. The number of alkyl halides is 4. The second-order valence-corrected chi connectivity index (χ2v) is 9.69. The van der Waals surface area contributed by atoms with Crippen LogP contribution in [0.2, 0.25) is 5.02 Å². The van der Waals surface area contributed by atoms with Crippen molar-refractivity contribution in [1.29, 1.82) is 0 Å². The number of nitrogens with two attached hydrogens (primary N) is 1. The third kappa shape index (κ3) is 5.55. The molecule has 3 heterocycles. The number of aromatic nitrogens is 4. The van der Waals surface area contributed by atoms with Gasteiger partial charge in [-0.3, -0.25) is 19.1 Å². The van der Waals surface area contributed by atoms with E-state index in [9.17, 15) is 31.9 Å². The first-order chi connectivity index (χ1) is 19.4. The molecule has 10 nitrogen and oxygen atoms in total. The predicted molar refractivity (Wildman–Crippen MR) is 139 cm³/mol. The van der Waals surface area contributed by atoms with Crippen LogP contribution in [0.1, 0.15) is 22.5 Å². The summed E-state index contributed by atoms with van der Waals surface area (Å²) < 4.78 is 56.3. The second-order valence-electron chi connectivity index (χ2n) is 9.28. The van der Waals surface area contributed by atoms with E-state index in [4.69, 9.17) is 17.3 Å². The molecule has 2 aromatic heterocycles. The largest absolute Gasteiger partial charge is 0.419 e. The first-order valence-corrected chi connectivity index (χ1v) is 12.5. The molecule has 0 saturated carbocycles. The molecule has 1 fully saturated rings. The molecule has 2 aromatic carbocycles. The van der Waals surface area contributed by atoms with E-state index in [0.717, 1.165) is 17.0 Å². The van der Waals surface area contributed by atoms with Gasteiger partial charge < -0.3 is 16.0 Å². The van der Waals surface area contributed by atoms with Crippen LogP contribution in [-0.4, -0.2) is 61.4 Å². The lowest BCUT2D eigenvalue weighted by Crippen LogP contribution is -2.44. The van der Waals surface area contributed by atoms with Crippen LogP contribution in [0.25, 0.3) is 22.0 Å². The van der Waals surface area contributed by atoms with Crippen LogP contribution in [0.15, 0.2) is 54.9 Å². The smallest absolute Gasteiger partial charge is 0.364 e. The molecule has 0 bridgehead atoms. The van der Waals surface area contributed by atoms with Gasteiger partial charge in [-0.05, 0) is 35.9 Å². The Morgan fingerprint density at radius 1 is 1.10 bits per heavy atom. The van der Waals surface area contributed by atoms with Gasteiger partial charge in [0.15, 0.2) is 5.69 Å². The maximum Gasteiger partial charge on any atom is 0.419 e. The van der Waals surface area contributed by atoms with Crippen LogP contribution in [0, 0.1) is 0 Å². The topological polar surface area (TPSA) is 136 Å². The monoisotopic (exact) mass is 589 g/mol. The molecule has 1 saturated heterocycles. The molecular formula is C26H20ClF4N7O3. The van der Waals surface area contributed by atoms with Gasteiger partial charge in [0.05, 0.1) is 40.7 Å². The van der Waals surface area contributed by atoms with E-state index in [-0.39, 0.29) is 5.69 Å². The van der Waals surface area contributed by atoms with Gasteiger partial charge in [-0.1, -0.05) is 23.7 Å². The first kappa shape index (κ1) is 28.0. The number of carbonyl (C=O) groups excluding carboxylic acids is 3. The quantitative estimate of drug-likeness (QED) is 0.328. The molecule has 3 amide bonds. The molecule has 3 N–H and O–H groups in total. The number of anilines is 1. The molecule has 0 radical (unpaired) electrons. The molecule has 2 atom stereocenters. The SMILES string of the molecule is NC(=O)c1nn(CC(=O)N2CC(F)CC2C(=O)Nc2cccc(Cl)c2C(F)(F)F)c2ccc(-c3ccnnc3)cc12. The lowest BCUT2D eigenvalue weighted by Gasteiger charge is -2.24. The van der Waals surface area contributed by atoms with Crippen molar-refractivity contribution in [3.05, 3.63) is 71.1 Å². The van der Waals surface area contributed by atoms with Gasteiger partial charge in [0, 0.05) is 17.4 Å². The summed E-state index contributed by atoms with van der Waals surface area (Å²) in [4.78, 5) is 39.4. The van der Waals surface area contributed by atoms with Crippen molar-refractivity contribution in [2.75, 3.05) is 11.9 Å². The van der Waals surface area contributed by atoms with Crippen molar-refractivity contribution in [2.45, 2.75) is 31.4 Å². The van der Waals surface area contributed by atoms with Gasteiger partial charge in [0.2, 0.25) is 11.8 Å². The maximum atomic E-state index is 14.5.